The molecule has 1 aromatic carbocycles. The molecule has 2 heterocycles. The molecule has 2 aromatic rings. The van der Waals surface area contributed by atoms with Crippen LogP contribution in [0.3, 0.4) is 0 Å². The van der Waals surface area contributed by atoms with Crippen molar-refractivity contribution in [3.05, 3.63) is 51.0 Å². The fraction of sp³-hybridized carbons (Fsp3) is 0.312. The lowest BCUT2D eigenvalue weighted by Gasteiger charge is -2.37. The average molecular weight is 411 g/mol. The number of rotatable bonds is 2. The van der Waals surface area contributed by atoms with Gasteiger partial charge in [0.05, 0.1) is 4.47 Å². The highest BCUT2D eigenvalue weighted by molar-refractivity contribution is 9.11. The van der Waals surface area contributed by atoms with Crippen LogP contribution in [-0.2, 0) is 0 Å². The summed E-state index contributed by atoms with van der Waals surface area (Å²) in [6.45, 7) is 6.16. The minimum atomic E-state index is 0.987. The molecule has 1 fully saturated rings. The molecule has 0 N–H and O–H groups in total. The van der Waals surface area contributed by atoms with Gasteiger partial charge in [-0.05, 0) is 62.5 Å². The molecule has 0 unspecified atom stereocenters. The zero-order valence-electron chi connectivity index (χ0n) is 11.9. The van der Waals surface area contributed by atoms with E-state index in [2.05, 4.69) is 83.9 Å². The molecule has 5 heteroatoms. The van der Waals surface area contributed by atoms with E-state index in [1.165, 1.54) is 11.3 Å². The van der Waals surface area contributed by atoms with E-state index >= 15 is 0 Å². The van der Waals surface area contributed by atoms with Gasteiger partial charge in [-0.15, -0.1) is 0 Å². The number of benzene rings is 1. The standard InChI is InChI=1S/C16H17Br2N3/c1-12-3-2-4-14(9-12)20-5-7-21(8-6-20)16-15(18)10-13(17)11-19-16/h2-4,9-11H,5-8H2,1H3. The number of anilines is 2. The Morgan fingerprint density at radius 3 is 2.38 bits per heavy atom. The normalized spacial score (nSPS) is 15.4. The first-order chi connectivity index (χ1) is 10.1. The van der Waals surface area contributed by atoms with Crippen molar-refractivity contribution < 1.29 is 0 Å². The Morgan fingerprint density at radius 1 is 1.00 bits per heavy atom. The highest BCUT2D eigenvalue weighted by Crippen LogP contribution is 2.28. The van der Waals surface area contributed by atoms with Crippen molar-refractivity contribution in [3.8, 4) is 0 Å². The lowest BCUT2D eigenvalue weighted by molar-refractivity contribution is 0.646. The van der Waals surface area contributed by atoms with E-state index in [9.17, 15) is 0 Å². The van der Waals surface area contributed by atoms with E-state index < -0.39 is 0 Å². The van der Waals surface area contributed by atoms with Crippen LogP contribution in [0.1, 0.15) is 5.56 Å². The Hall–Kier alpha value is -1.07. The van der Waals surface area contributed by atoms with E-state index in [-0.39, 0.29) is 0 Å². The van der Waals surface area contributed by atoms with Gasteiger partial charge >= 0.3 is 0 Å². The van der Waals surface area contributed by atoms with Crippen LogP contribution in [-0.4, -0.2) is 31.2 Å². The summed E-state index contributed by atoms with van der Waals surface area (Å²) in [5.74, 6) is 1.03. The Labute approximate surface area is 142 Å². The van der Waals surface area contributed by atoms with Crippen LogP contribution >= 0.6 is 31.9 Å². The molecule has 0 saturated carbocycles. The van der Waals surface area contributed by atoms with Crippen LogP contribution in [0.2, 0.25) is 0 Å². The van der Waals surface area contributed by atoms with Crippen molar-refractivity contribution >= 4 is 43.4 Å². The first-order valence-electron chi connectivity index (χ1n) is 7.01. The molecular formula is C16H17Br2N3. The maximum absolute atomic E-state index is 4.53. The summed E-state index contributed by atoms with van der Waals surface area (Å²) in [7, 11) is 0. The molecule has 3 rings (SSSR count). The summed E-state index contributed by atoms with van der Waals surface area (Å²) < 4.78 is 2.04. The Morgan fingerprint density at radius 2 is 1.71 bits per heavy atom. The number of piperazine rings is 1. The summed E-state index contributed by atoms with van der Waals surface area (Å²) in [6.07, 6.45) is 1.85. The molecule has 0 aliphatic carbocycles. The molecule has 0 bridgehead atoms. The molecule has 0 radical (unpaired) electrons. The lowest BCUT2D eigenvalue weighted by Crippen LogP contribution is -2.47. The van der Waals surface area contributed by atoms with Crippen LogP contribution in [0, 0.1) is 6.92 Å². The fourth-order valence-corrected chi connectivity index (χ4v) is 3.88. The second kappa shape index (κ2) is 6.36. The molecule has 1 aliphatic heterocycles. The Bertz CT molecular complexity index is 637. The van der Waals surface area contributed by atoms with E-state index in [0.29, 0.717) is 0 Å². The summed E-state index contributed by atoms with van der Waals surface area (Å²) in [5.41, 5.74) is 2.63. The SMILES string of the molecule is Cc1cccc(N2CCN(c3ncc(Br)cc3Br)CC2)c1. The van der Waals surface area contributed by atoms with Gasteiger partial charge < -0.3 is 9.80 Å². The Kier molecular flexibility index (Phi) is 4.50. The number of halogens is 2. The van der Waals surface area contributed by atoms with Crippen LogP contribution in [0.4, 0.5) is 11.5 Å². The third-order valence-electron chi connectivity index (χ3n) is 3.73. The molecule has 3 nitrogen and oxygen atoms in total. The zero-order chi connectivity index (χ0) is 14.8. The number of hydrogen-bond acceptors (Lipinski definition) is 3. The number of aromatic nitrogens is 1. The third-order valence-corrected chi connectivity index (χ3v) is 4.75. The van der Waals surface area contributed by atoms with Gasteiger partial charge in [0, 0.05) is 42.5 Å². The lowest BCUT2D eigenvalue weighted by atomic mass is 10.2. The van der Waals surface area contributed by atoms with Gasteiger partial charge in [-0.2, -0.15) is 0 Å². The average Bonchev–Trinajstić information content (AvgIpc) is 2.47. The van der Waals surface area contributed by atoms with Crippen LogP contribution in [0.15, 0.2) is 45.5 Å². The van der Waals surface area contributed by atoms with Gasteiger partial charge in [0.25, 0.3) is 0 Å². The maximum Gasteiger partial charge on any atom is 0.143 e. The van der Waals surface area contributed by atoms with Crippen molar-refractivity contribution in [2.24, 2.45) is 0 Å². The van der Waals surface area contributed by atoms with Crippen molar-refractivity contribution in [1.82, 2.24) is 4.98 Å². The minimum absolute atomic E-state index is 0.987. The predicted octanol–water partition coefficient (Wildman–Crippen LogP) is 4.24. The van der Waals surface area contributed by atoms with Gasteiger partial charge in [-0.3, -0.25) is 0 Å². The highest BCUT2D eigenvalue weighted by atomic mass is 79.9. The van der Waals surface area contributed by atoms with E-state index in [0.717, 1.165) is 40.9 Å². The third kappa shape index (κ3) is 3.40. The van der Waals surface area contributed by atoms with E-state index in [1.807, 2.05) is 6.20 Å². The van der Waals surface area contributed by atoms with Gasteiger partial charge in [0.15, 0.2) is 0 Å². The first kappa shape index (κ1) is 14.9. The smallest absolute Gasteiger partial charge is 0.143 e. The van der Waals surface area contributed by atoms with Gasteiger partial charge in [0.2, 0.25) is 0 Å². The molecule has 1 aliphatic rings. The summed E-state index contributed by atoms with van der Waals surface area (Å²) in [5, 5.41) is 0. The topological polar surface area (TPSA) is 19.4 Å². The van der Waals surface area contributed by atoms with Crippen molar-refractivity contribution in [2.75, 3.05) is 36.0 Å². The quantitative estimate of drug-likeness (QED) is 0.737. The second-order valence-corrected chi connectivity index (χ2v) is 7.04. The molecule has 0 atom stereocenters. The zero-order valence-corrected chi connectivity index (χ0v) is 15.1. The van der Waals surface area contributed by atoms with Crippen LogP contribution in [0.5, 0.6) is 0 Å². The van der Waals surface area contributed by atoms with Gasteiger partial charge in [-0.1, -0.05) is 12.1 Å². The Balaban J connectivity index is 1.70. The number of nitrogens with zero attached hydrogens (tertiary/aromatic N) is 3. The van der Waals surface area contributed by atoms with Crippen molar-refractivity contribution in [3.63, 3.8) is 0 Å². The van der Waals surface area contributed by atoms with E-state index in [4.69, 9.17) is 0 Å². The summed E-state index contributed by atoms with van der Waals surface area (Å²) in [6, 6.07) is 10.8. The predicted molar refractivity (Wildman–Crippen MR) is 95.2 cm³/mol. The summed E-state index contributed by atoms with van der Waals surface area (Å²) in [4.78, 5) is 9.30. The van der Waals surface area contributed by atoms with Crippen LogP contribution < -0.4 is 9.80 Å². The second-order valence-electron chi connectivity index (χ2n) is 5.27. The van der Waals surface area contributed by atoms with Crippen molar-refractivity contribution in [1.29, 1.82) is 0 Å². The van der Waals surface area contributed by atoms with Crippen molar-refractivity contribution in [2.45, 2.75) is 6.92 Å². The number of aryl methyl sites for hydroxylation is 1. The van der Waals surface area contributed by atoms with Crippen LogP contribution in [0.25, 0.3) is 0 Å². The van der Waals surface area contributed by atoms with E-state index in [1.54, 1.807) is 0 Å². The minimum Gasteiger partial charge on any atom is -0.368 e. The molecule has 0 spiro atoms. The first-order valence-corrected chi connectivity index (χ1v) is 8.60. The molecular weight excluding hydrogens is 394 g/mol. The van der Waals surface area contributed by atoms with Gasteiger partial charge in [-0.25, -0.2) is 4.98 Å². The number of pyridine rings is 1. The molecule has 1 saturated heterocycles. The number of hydrogen-bond donors (Lipinski definition) is 0. The maximum atomic E-state index is 4.53. The van der Waals surface area contributed by atoms with Gasteiger partial charge in [0.1, 0.15) is 5.82 Å². The summed E-state index contributed by atoms with van der Waals surface area (Å²) >= 11 is 7.05. The monoisotopic (exact) mass is 409 g/mol. The molecule has 1 aromatic heterocycles. The molecule has 0 amide bonds. The molecule has 21 heavy (non-hydrogen) atoms. The fourth-order valence-electron chi connectivity index (χ4n) is 2.64. The largest absolute Gasteiger partial charge is 0.368 e. The molecule has 110 valence electrons. The highest BCUT2D eigenvalue weighted by Gasteiger charge is 2.20.